The average molecular weight is 401 g/mol. The predicted molar refractivity (Wildman–Crippen MR) is 109 cm³/mol. The molecule has 0 aliphatic rings. The summed E-state index contributed by atoms with van der Waals surface area (Å²) >= 11 is 6.14. The minimum Gasteiger partial charge on any atom is -0.507 e. The van der Waals surface area contributed by atoms with E-state index in [4.69, 9.17) is 11.6 Å². The van der Waals surface area contributed by atoms with Gasteiger partial charge < -0.3 is 19.3 Å². The van der Waals surface area contributed by atoms with Crippen molar-refractivity contribution < 1.29 is 10.2 Å². The highest BCUT2D eigenvalue weighted by Crippen LogP contribution is 2.38. The maximum Gasteiger partial charge on any atom is 0.258 e. The second-order valence-electron chi connectivity index (χ2n) is 6.89. The standard InChI is InChI=1S/C21H21ClN2O4/c1-11-8-15(25)18(20(27)23(11)3)17(13-6-5-7-14(22)10-13)19-16(26)9-12(2)24(4)21(19)28/h5-10,17,25-26H,1-4H3. The van der Waals surface area contributed by atoms with Crippen LogP contribution in [-0.4, -0.2) is 19.3 Å². The number of halogens is 1. The van der Waals surface area contributed by atoms with Crippen molar-refractivity contribution in [2.75, 3.05) is 0 Å². The molecule has 0 aliphatic carbocycles. The molecule has 3 aromatic rings. The van der Waals surface area contributed by atoms with Crippen molar-refractivity contribution in [2.24, 2.45) is 14.1 Å². The van der Waals surface area contributed by atoms with Crippen molar-refractivity contribution >= 4 is 11.6 Å². The molecule has 146 valence electrons. The highest BCUT2D eigenvalue weighted by atomic mass is 35.5. The zero-order valence-corrected chi connectivity index (χ0v) is 16.8. The average Bonchev–Trinajstić information content (AvgIpc) is 2.63. The number of nitrogens with zero attached hydrogens (tertiary/aromatic N) is 2. The maximum absolute atomic E-state index is 13.0. The van der Waals surface area contributed by atoms with Gasteiger partial charge in [-0.1, -0.05) is 23.7 Å². The molecule has 0 amide bonds. The van der Waals surface area contributed by atoms with Crippen molar-refractivity contribution in [2.45, 2.75) is 19.8 Å². The summed E-state index contributed by atoms with van der Waals surface area (Å²) in [6.45, 7) is 3.39. The number of aryl methyl sites for hydroxylation is 2. The molecule has 0 saturated carbocycles. The van der Waals surface area contributed by atoms with Gasteiger partial charge in [0.2, 0.25) is 0 Å². The molecule has 0 spiro atoms. The van der Waals surface area contributed by atoms with Gasteiger partial charge in [-0.05, 0) is 43.7 Å². The first kappa shape index (κ1) is 19.8. The van der Waals surface area contributed by atoms with Gasteiger partial charge >= 0.3 is 0 Å². The molecule has 0 saturated heterocycles. The highest BCUT2D eigenvalue weighted by Gasteiger charge is 2.30. The SMILES string of the molecule is Cc1cc(O)c(C(c2cccc(Cl)c2)c2c(O)cc(C)n(C)c2=O)c(=O)n1C. The summed E-state index contributed by atoms with van der Waals surface area (Å²) in [5.74, 6) is -1.47. The molecule has 6 nitrogen and oxygen atoms in total. The predicted octanol–water partition coefficient (Wildman–Crippen LogP) is 2.95. The van der Waals surface area contributed by atoms with Gasteiger partial charge in [0.15, 0.2) is 0 Å². The van der Waals surface area contributed by atoms with Crippen LogP contribution in [0.1, 0.15) is 34.0 Å². The van der Waals surface area contributed by atoms with Crippen LogP contribution in [0.4, 0.5) is 0 Å². The molecule has 0 aliphatic heterocycles. The summed E-state index contributed by atoms with van der Waals surface area (Å²) in [4.78, 5) is 26.1. The van der Waals surface area contributed by atoms with E-state index in [1.807, 2.05) is 0 Å². The summed E-state index contributed by atoms with van der Waals surface area (Å²) in [5.41, 5.74) is 0.751. The van der Waals surface area contributed by atoms with Crippen LogP contribution in [0.5, 0.6) is 11.5 Å². The lowest BCUT2D eigenvalue weighted by Crippen LogP contribution is -2.30. The van der Waals surface area contributed by atoms with E-state index in [0.717, 1.165) is 0 Å². The normalized spacial score (nSPS) is 11.2. The van der Waals surface area contributed by atoms with Crippen molar-refractivity contribution in [3.05, 3.63) is 90.2 Å². The summed E-state index contributed by atoms with van der Waals surface area (Å²) < 4.78 is 2.78. The van der Waals surface area contributed by atoms with Crippen molar-refractivity contribution in [3.63, 3.8) is 0 Å². The Labute approximate surface area is 166 Å². The second-order valence-corrected chi connectivity index (χ2v) is 7.32. The van der Waals surface area contributed by atoms with E-state index in [1.165, 1.54) is 21.3 Å². The fourth-order valence-corrected chi connectivity index (χ4v) is 3.55. The second kappa shape index (κ2) is 7.20. The van der Waals surface area contributed by atoms with Crippen LogP contribution in [0.25, 0.3) is 0 Å². The molecule has 0 atom stereocenters. The van der Waals surface area contributed by atoms with E-state index in [2.05, 4.69) is 0 Å². The number of aromatic nitrogens is 2. The molecule has 0 fully saturated rings. The first-order valence-electron chi connectivity index (χ1n) is 8.68. The van der Waals surface area contributed by atoms with Crippen LogP contribution in [0.15, 0.2) is 46.0 Å². The van der Waals surface area contributed by atoms with Crippen LogP contribution in [0, 0.1) is 13.8 Å². The lowest BCUT2D eigenvalue weighted by atomic mass is 9.85. The minimum absolute atomic E-state index is 0.00613. The summed E-state index contributed by atoms with van der Waals surface area (Å²) in [6.07, 6.45) is 0. The van der Waals surface area contributed by atoms with Crippen molar-refractivity contribution in [3.8, 4) is 11.5 Å². The third-order valence-corrected chi connectivity index (χ3v) is 5.37. The van der Waals surface area contributed by atoms with Gasteiger partial charge in [-0.2, -0.15) is 0 Å². The Hall–Kier alpha value is -2.99. The van der Waals surface area contributed by atoms with Crippen LogP contribution in [0.3, 0.4) is 0 Å². The molecular formula is C21H21ClN2O4. The highest BCUT2D eigenvalue weighted by molar-refractivity contribution is 6.30. The quantitative estimate of drug-likeness (QED) is 0.708. The van der Waals surface area contributed by atoms with Gasteiger partial charge in [0.05, 0.1) is 17.0 Å². The smallest absolute Gasteiger partial charge is 0.258 e. The van der Waals surface area contributed by atoms with Gasteiger partial charge in [-0.15, -0.1) is 0 Å². The van der Waals surface area contributed by atoms with Gasteiger partial charge in [-0.3, -0.25) is 9.59 Å². The zero-order chi connectivity index (χ0) is 20.7. The maximum atomic E-state index is 13.0. The molecule has 3 rings (SSSR count). The molecule has 2 aromatic heterocycles. The summed E-state index contributed by atoms with van der Waals surface area (Å²) in [7, 11) is 3.17. The number of pyridine rings is 2. The van der Waals surface area contributed by atoms with Crippen molar-refractivity contribution in [1.29, 1.82) is 0 Å². The van der Waals surface area contributed by atoms with E-state index >= 15 is 0 Å². The molecule has 7 heteroatoms. The fourth-order valence-electron chi connectivity index (χ4n) is 3.35. The van der Waals surface area contributed by atoms with Crippen LogP contribution < -0.4 is 11.1 Å². The number of aromatic hydroxyl groups is 2. The molecule has 2 heterocycles. The van der Waals surface area contributed by atoms with E-state index in [-0.39, 0.29) is 22.6 Å². The number of hydrogen-bond donors (Lipinski definition) is 2. The van der Waals surface area contributed by atoms with E-state index in [9.17, 15) is 19.8 Å². The molecule has 0 bridgehead atoms. The topological polar surface area (TPSA) is 84.5 Å². The van der Waals surface area contributed by atoms with E-state index < -0.39 is 17.0 Å². The third kappa shape index (κ3) is 3.20. The number of rotatable bonds is 3. The first-order valence-corrected chi connectivity index (χ1v) is 9.05. The number of hydrogen-bond acceptors (Lipinski definition) is 4. The zero-order valence-electron chi connectivity index (χ0n) is 16.0. The van der Waals surface area contributed by atoms with E-state index in [0.29, 0.717) is 22.0 Å². The Bertz CT molecular complexity index is 1120. The van der Waals surface area contributed by atoms with Gasteiger partial charge in [0.1, 0.15) is 11.5 Å². The fraction of sp³-hybridized carbons (Fsp3) is 0.238. The molecule has 0 radical (unpaired) electrons. The Morgan fingerprint density at radius 3 is 1.75 bits per heavy atom. The van der Waals surface area contributed by atoms with Crippen LogP contribution in [-0.2, 0) is 14.1 Å². The van der Waals surface area contributed by atoms with Crippen molar-refractivity contribution in [1.82, 2.24) is 9.13 Å². The first-order chi connectivity index (χ1) is 13.1. The lowest BCUT2D eigenvalue weighted by Gasteiger charge is -2.22. The Balaban J connectivity index is 2.48. The Morgan fingerprint density at radius 2 is 1.32 bits per heavy atom. The summed E-state index contributed by atoms with van der Waals surface area (Å²) in [5, 5.41) is 21.7. The molecule has 0 unspecified atom stereocenters. The lowest BCUT2D eigenvalue weighted by molar-refractivity contribution is 0.451. The Morgan fingerprint density at radius 1 is 0.857 bits per heavy atom. The van der Waals surface area contributed by atoms with Crippen LogP contribution >= 0.6 is 11.6 Å². The molecule has 1 aromatic carbocycles. The largest absolute Gasteiger partial charge is 0.507 e. The van der Waals surface area contributed by atoms with Gasteiger partial charge in [0, 0.05) is 30.5 Å². The Kier molecular flexibility index (Phi) is 5.08. The molecule has 28 heavy (non-hydrogen) atoms. The van der Waals surface area contributed by atoms with Gasteiger partial charge in [0.25, 0.3) is 11.1 Å². The molecular weight excluding hydrogens is 380 g/mol. The molecule has 2 N–H and O–H groups in total. The van der Waals surface area contributed by atoms with Crippen LogP contribution in [0.2, 0.25) is 5.02 Å². The number of benzene rings is 1. The summed E-state index contributed by atoms with van der Waals surface area (Å²) in [6, 6.07) is 9.60. The third-order valence-electron chi connectivity index (χ3n) is 5.13. The van der Waals surface area contributed by atoms with E-state index in [1.54, 1.807) is 52.2 Å². The van der Waals surface area contributed by atoms with Gasteiger partial charge in [-0.25, -0.2) is 0 Å². The monoisotopic (exact) mass is 400 g/mol. The minimum atomic E-state index is -0.989.